The van der Waals surface area contributed by atoms with Crippen molar-refractivity contribution in [2.24, 2.45) is 0 Å². The molecule has 1 aromatic carbocycles. The lowest BCUT2D eigenvalue weighted by Gasteiger charge is -2.41. The van der Waals surface area contributed by atoms with Crippen LogP contribution in [0.5, 0.6) is 0 Å². The largest absolute Gasteiger partial charge is 0.491 e. The fourth-order valence-corrected chi connectivity index (χ4v) is 1.41. The van der Waals surface area contributed by atoms with Crippen LogP contribution in [0.3, 0.4) is 0 Å². The summed E-state index contributed by atoms with van der Waals surface area (Å²) in [6.45, 7) is 1.17. The van der Waals surface area contributed by atoms with E-state index in [-0.39, 0.29) is 5.56 Å². The van der Waals surface area contributed by atoms with Crippen LogP contribution in [0.25, 0.3) is 0 Å². The molecule has 1 saturated heterocycles. The zero-order valence-corrected chi connectivity index (χ0v) is 7.87. The van der Waals surface area contributed by atoms with E-state index < -0.39 is 17.9 Å². The van der Waals surface area contributed by atoms with Crippen LogP contribution < -0.4 is 0 Å². The number of carbonyl (C=O) groups excluding carboxylic acids is 1. The quantitative estimate of drug-likeness (QED) is 0.708. The molecule has 0 amide bonds. The monoisotopic (exact) mass is 214 g/mol. The van der Waals surface area contributed by atoms with Gasteiger partial charge in [-0.15, -0.1) is 8.78 Å². The Hall–Kier alpha value is -1.33. The van der Waals surface area contributed by atoms with Crippen LogP contribution in [-0.4, -0.2) is 17.9 Å². The summed E-state index contributed by atoms with van der Waals surface area (Å²) in [6.07, 6.45) is -3.65. The molecule has 0 radical (unpaired) electrons. The number of benzene rings is 1. The van der Waals surface area contributed by atoms with E-state index in [1.54, 1.807) is 18.2 Å². The number of hydrogen-bond donors (Lipinski definition) is 0. The van der Waals surface area contributed by atoms with Gasteiger partial charge >= 0.3 is 6.29 Å². The maximum atomic E-state index is 12.3. The third kappa shape index (κ3) is 1.75. The Labute approximate surface area is 84.6 Å². The molecule has 80 valence electrons. The summed E-state index contributed by atoms with van der Waals surface area (Å²) in [5.74, 6) is -2.49. The van der Waals surface area contributed by atoms with E-state index in [4.69, 9.17) is 0 Å². The minimum Gasteiger partial charge on any atom is -0.288 e. The molecule has 3 nitrogen and oxygen atoms in total. The zero-order valence-electron chi connectivity index (χ0n) is 7.87. The van der Waals surface area contributed by atoms with Gasteiger partial charge in [0.1, 0.15) is 0 Å². The second-order valence-corrected chi connectivity index (χ2v) is 3.31. The molecule has 0 spiro atoms. The molecule has 1 aromatic rings. The molecule has 1 aliphatic heterocycles. The number of ketones is 1. The predicted octanol–water partition coefficient (Wildman–Crippen LogP) is 2.18. The minimum atomic E-state index is -3.65. The molecule has 2 rings (SSSR count). The van der Waals surface area contributed by atoms with Gasteiger partial charge in [-0.3, -0.25) is 14.3 Å². The Morgan fingerprint density at radius 2 is 1.73 bits per heavy atom. The highest BCUT2D eigenvalue weighted by atomic mass is 19.3. The summed E-state index contributed by atoms with van der Waals surface area (Å²) < 4.78 is 32.9. The van der Waals surface area contributed by atoms with Gasteiger partial charge in [-0.2, -0.15) is 0 Å². The molecule has 1 fully saturated rings. The van der Waals surface area contributed by atoms with E-state index in [9.17, 15) is 13.6 Å². The molecule has 0 saturated carbocycles. The average Bonchev–Trinajstić information content (AvgIpc) is 2.15. The highest BCUT2D eigenvalue weighted by Gasteiger charge is 2.61. The molecule has 0 unspecified atom stereocenters. The first-order chi connectivity index (χ1) is 6.93. The fourth-order valence-electron chi connectivity index (χ4n) is 1.41. The van der Waals surface area contributed by atoms with Crippen LogP contribution in [0.15, 0.2) is 30.3 Å². The maximum Gasteiger partial charge on any atom is 0.491 e. The number of carbonyl (C=O) groups is 1. The Kier molecular flexibility index (Phi) is 2.09. The third-order valence-corrected chi connectivity index (χ3v) is 2.08. The van der Waals surface area contributed by atoms with Crippen molar-refractivity contribution in [2.45, 2.75) is 19.0 Å². The molecule has 0 bridgehead atoms. The van der Waals surface area contributed by atoms with Crippen molar-refractivity contribution in [3.8, 4) is 0 Å². The summed E-state index contributed by atoms with van der Waals surface area (Å²) in [4.78, 5) is 11.7. The number of Topliss-reactive ketones (excluding diaryl/α,β-unsaturated/α-hetero) is 1. The van der Waals surface area contributed by atoms with Crippen LogP contribution >= 0.6 is 0 Å². The van der Waals surface area contributed by atoms with Gasteiger partial charge in [-0.1, -0.05) is 30.3 Å². The summed E-state index contributed by atoms with van der Waals surface area (Å²) in [7, 11) is 0. The second-order valence-electron chi connectivity index (χ2n) is 3.31. The van der Waals surface area contributed by atoms with Gasteiger partial charge in [0.2, 0.25) is 11.6 Å². The van der Waals surface area contributed by atoms with Crippen molar-refractivity contribution < 1.29 is 23.0 Å². The fraction of sp³-hybridized carbons (Fsp3) is 0.300. The van der Waals surface area contributed by atoms with Gasteiger partial charge in [-0.25, -0.2) is 0 Å². The van der Waals surface area contributed by atoms with Crippen molar-refractivity contribution in [3.63, 3.8) is 0 Å². The molecular weight excluding hydrogens is 206 g/mol. The first-order valence-corrected chi connectivity index (χ1v) is 4.31. The second kappa shape index (κ2) is 3.08. The lowest BCUT2D eigenvalue weighted by atomic mass is 10.0. The number of alkyl halides is 2. The van der Waals surface area contributed by atoms with E-state index in [1.807, 2.05) is 0 Å². The average molecular weight is 214 g/mol. The number of hydrogen-bond acceptors (Lipinski definition) is 3. The minimum absolute atomic E-state index is 0.274. The third-order valence-electron chi connectivity index (χ3n) is 2.08. The SMILES string of the molecule is CC1(C(=O)c2ccccc2)OC(F)(F)O1. The molecule has 0 aromatic heterocycles. The van der Waals surface area contributed by atoms with Crippen LogP contribution in [0.2, 0.25) is 0 Å². The molecule has 0 N–H and O–H groups in total. The molecule has 1 heterocycles. The lowest BCUT2D eigenvalue weighted by molar-refractivity contribution is -0.576. The van der Waals surface area contributed by atoms with Gasteiger partial charge < -0.3 is 0 Å². The topological polar surface area (TPSA) is 35.5 Å². The van der Waals surface area contributed by atoms with Gasteiger partial charge in [0.05, 0.1) is 0 Å². The van der Waals surface area contributed by atoms with Gasteiger partial charge in [-0.05, 0) is 6.92 Å². The van der Waals surface area contributed by atoms with E-state index in [2.05, 4.69) is 9.47 Å². The molecule has 5 heteroatoms. The summed E-state index contributed by atoms with van der Waals surface area (Å²) in [6, 6.07) is 8.00. The molecular formula is C10H8F2O3. The van der Waals surface area contributed by atoms with Crippen LogP contribution in [-0.2, 0) is 9.47 Å². The highest BCUT2D eigenvalue weighted by Crippen LogP contribution is 2.41. The number of ether oxygens (including phenoxy) is 2. The van der Waals surface area contributed by atoms with Crippen LogP contribution in [0.4, 0.5) is 8.78 Å². The van der Waals surface area contributed by atoms with Crippen molar-refractivity contribution in [2.75, 3.05) is 0 Å². The summed E-state index contributed by atoms with van der Waals surface area (Å²) in [5.41, 5.74) is 0.274. The molecule has 15 heavy (non-hydrogen) atoms. The summed E-state index contributed by atoms with van der Waals surface area (Å²) >= 11 is 0. The van der Waals surface area contributed by atoms with E-state index >= 15 is 0 Å². The van der Waals surface area contributed by atoms with Crippen LogP contribution in [0.1, 0.15) is 17.3 Å². The van der Waals surface area contributed by atoms with Crippen molar-refractivity contribution >= 4 is 5.78 Å². The first-order valence-electron chi connectivity index (χ1n) is 4.31. The Morgan fingerprint density at radius 1 is 1.20 bits per heavy atom. The predicted molar refractivity (Wildman–Crippen MR) is 46.3 cm³/mol. The number of rotatable bonds is 2. The Morgan fingerprint density at radius 3 is 2.20 bits per heavy atom. The Balaban J connectivity index is 2.17. The van der Waals surface area contributed by atoms with E-state index in [0.717, 1.165) is 0 Å². The van der Waals surface area contributed by atoms with E-state index in [0.29, 0.717) is 0 Å². The first kappa shape index (κ1) is 10.2. The zero-order chi connectivity index (χ0) is 11.1. The van der Waals surface area contributed by atoms with Crippen molar-refractivity contribution in [1.29, 1.82) is 0 Å². The van der Waals surface area contributed by atoms with Crippen molar-refractivity contribution in [1.82, 2.24) is 0 Å². The van der Waals surface area contributed by atoms with Gasteiger partial charge in [0.15, 0.2) is 0 Å². The highest BCUT2D eigenvalue weighted by molar-refractivity contribution is 6.01. The Bertz CT molecular complexity index is 381. The lowest BCUT2D eigenvalue weighted by Crippen LogP contribution is -2.60. The summed E-state index contributed by atoms with van der Waals surface area (Å²) in [5, 5.41) is 0. The van der Waals surface area contributed by atoms with Crippen molar-refractivity contribution in [3.05, 3.63) is 35.9 Å². The molecule has 0 aliphatic carbocycles. The van der Waals surface area contributed by atoms with Crippen LogP contribution in [0, 0.1) is 0 Å². The maximum absolute atomic E-state index is 12.3. The number of halogens is 2. The van der Waals surface area contributed by atoms with Gasteiger partial charge in [0, 0.05) is 5.56 Å². The normalized spacial score (nSPS) is 21.8. The molecule has 0 atom stereocenters. The van der Waals surface area contributed by atoms with E-state index in [1.165, 1.54) is 19.1 Å². The standard InChI is InChI=1S/C10H8F2O3/c1-9(14-10(11,12)15-9)8(13)7-5-3-2-4-6-7/h2-6H,1H3. The smallest absolute Gasteiger partial charge is 0.288 e. The molecule has 1 aliphatic rings. The van der Waals surface area contributed by atoms with Gasteiger partial charge in [0.25, 0.3) is 0 Å².